The van der Waals surface area contributed by atoms with E-state index in [1.807, 2.05) is 0 Å². The molecule has 0 unspecified atom stereocenters. The molecule has 0 saturated heterocycles. The quantitative estimate of drug-likeness (QED) is 0.791. The van der Waals surface area contributed by atoms with Crippen molar-refractivity contribution in [2.45, 2.75) is 25.4 Å². The van der Waals surface area contributed by atoms with Crippen LogP contribution in [0.4, 0.5) is 18.9 Å². The van der Waals surface area contributed by atoms with Crippen LogP contribution in [-0.2, 0) is 21.2 Å². The summed E-state index contributed by atoms with van der Waals surface area (Å²) in [7, 11) is 0. The summed E-state index contributed by atoms with van der Waals surface area (Å²) in [5, 5.41) is 11.8. The van der Waals surface area contributed by atoms with Gasteiger partial charge in [-0.1, -0.05) is 12.1 Å². The van der Waals surface area contributed by atoms with Gasteiger partial charge in [0.05, 0.1) is 11.0 Å². The number of carboxylic acids is 1. The van der Waals surface area contributed by atoms with Gasteiger partial charge in [0.15, 0.2) is 6.61 Å². The van der Waals surface area contributed by atoms with E-state index in [-0.39, 0.29) is 12.4 Å². The molecule has 0 atom stereocenters. The molecule has 0 saturated carbocycles. The molecule has 144 valence electrons. The van der Waals surface area contributed by atoms with Crippen LogP contribution in [-0.4, -0.2) is 23.6 Å². The second-order valence-corrected chi connectivity index (χ2v) is 6.37. The smallest absolute Gasteiger partial charge is 0.416 e. The summed E-state index contributed by atoms with van der Waals surface area (Å²) >= 11 is 0. The minimum atomic E-state index is -4.43. The molecule has 2 aromatic rings. The van der Waals surface area contributed by atoms with E-state index in [1.54, 1.807) is 38.1 Å². The zero-order valence-corrected chi connectivity index (χ0v) is 14.6. The van der Waals surface area contributed by atoms with Crippen molar-refractivity contribution in [2.24, 2.45) is 0 Å². The van der Waals surface area contributed by atoms with Gasteiger partial charge in [0.2, 0.25) is 0 Å². The molecule has 0 aliphatic carbocycles. The van der Waals surface area contributed by atoms with Crippen molar-refractivity contribution < 1.29 is 32.6 Å². The molecule has 0 fully saturated rings. The van der Waals surface area contributed by atoms with Gasteiger partial charge in [0, 0.05) is 5.69 Å². The summed E-state index contributed by atoms with van der Waals surface area (Å²) in [6.45, 7) is 2.76. The Labute approximate surface area is 153 Å². The SMILES string of the molecule is CC(C)(C(=O)O)c1ccc(NC(=O)COc2ccc(C(F)(F)F)cc2)cc1. The molecule has 0 bridgehead atoms. The molecule has 2 aromatic carbocycles. The third-order valence-electron chi connectivity index (χ3n) is 3.98. The fourth-order valence-electron chi connectivity index (χ4n) is 2.18. The number of ether oxygens (including phenoxy) is 1. The summed E-state index contributed by atoms with van der Waals surface area (Å²) in [6, 6.07) is 10.3. The number of nitrogens with one attached hydrogen (secondary N) is 1. The maximum absolute atomic E-state index is 12.5. The van der Waals surface area contributed by atoms with E-state index < -0.39 is 29.0 Å². The lowest BCUT2D eigenvalue weighted by molar-refractivity contribution is -0.142. The van der Waals surface area contributed by atoms with E-state index in [1.165, 1.54) is 0 Å². The highest BCUT2D eigenvalue weighted by atomic mass is 19.4. The van der Waals surface area contributed by atoms with Gasteiger partial charge in [0.1, 0.15) is 5.75 Å². The number of carboxylic acid groups (broad SMARTS) is 1. The average molecular weight is 381 g/mol. The van der Waals surface area contributed by atoms with Gasteiger partial charge in [-0.25, -0.2) is 0 Å². The molecule has 27 heavy (non-hydrogen) atoms. The first-order valence-corrected chi connectivity index (χ1v) is 7.94. The molecular formula is C19H18F3NO4. The van der Waals surface area contributed by atoms with Crippen molar-refractivity contribution in [3.05, 3.63) is 59.7 Å². The molecule has 0 aliphatic heterocycles. The molecule has 5 nitrogen and oxygen atoms in total. The Morgan fingerprint density at radius 3 is 1.96 bits per heavy atom. The summed E-state index contributed by atoms with van der Waals surface area (Å²) < 4.78 is 42.6. The van der Waals surface area contributed by atoms with Crippen LogP contribution >= 0.6 is 0 Å². The number of hydrogen-bond acceptors (Lipinski definition) is 3. The first-order chi connectivity index (χ1) is 12.5. The number of rotatable bonds is 6. The molecule has 1 amide bonds. The fourth-order valence-corrected chi connectivity index (χ4v) is 2.18. The highest BCUT2D eigenvalue weighted by Crippen LogP contribution is 2.30. The van der Waals surface area contributed by atoms with Crippen molar-refractivity contribution in [3.63, 3.8) is 0 Å². The fraction of sp³-hybridized carbons (Fsp3) is 0.263. The predicted molar refractivity (Wildman–Crippen MR) is 92.7 cm³/mol. The maximum Gasteiger partial charge on any atom is 0.416 e. The van der Waals surface area contributed by atoms with Crippen LogP contribution in [0.25, 0.3) is 0 Å². The molecule has 0 spiro atoms. The number of hydrogen-bond donors (Lipinski definition) is 2. The van der Waals surface area contributed by atoms with Crippen molar-refractivity contribution in [3.8, 4) is 5.75 Å². The van der Waals surface area contributed by atoms with Crippen molar-refractivity contribution in [2.75, 3.05) is 11.9 Å². The number of alkyl halides is 3. The molecule has 2 N–H and O–H groups in total. The minimum Gasteiger partial charge on any atom is -0.484 e. The van der Waals surface area contributed by atoms with Gasteiger partial charge in [-0.15, -0.1) is 0 Å². The third kappa shape index (κ3) is 5.22. The van der Waals surface area contributed by atoms with Gasteiger partial charge >= 0.3 is 12.1 Å². The van der Waals surface area contributed by atoms with Crippen LogP contribution in [0.3, 0.4) is 0 Å². The summed E-state index contributed by atoms with van der Waals surface area (Å²) in [5.74, 6) is -1.33. The Balaban J connectivity index is 1.91. The van der Waals surface area contributed by atoms with E-state index >= 15 is 0 Å². The van der Waals surface area contributed by atoms with Crippen LogP contribution < -0.4 is 10.1 Å². The summed E-state index contributed by atoms with van der Waals surface area (Å²) in [5.41, 5.74) is -0.840. The summed E-state index contributed by atoms with van der Waals surface area (Å²) in [4.78, 5) is 23.1. The van der Waals surface area contributed by atoms with E-state index in [0.717, 1.165) is 24.3 Å². The highest BCUT2D eigenvalue weighted by molar-refractivity contribution is 5.92. The summed E-state index contributed by atoms with van der Waals surface area (Å²) in [6.07, 6.45) is -4.43. The molecular weight excluding hydrogens is 363 g/mol. The lowest BCUT2D eigenvalue weighted by Crippen LogP contribution is -2.28. The predicted octanol–water partition coefficient (Wildman–Crippen LogP) is 4.09. The molecule has 0 aromatic heterocycles. The van der Waals surface area contributed by atoms with E-state index in [2.05, 4.69) is 5.32 Å². The monoisotopic (exact) mass is 381 g/mol. The van der Waals surface area contributed by atoms with Crippen LogP contribution in [0.15, 0.2) is 48.5 Å². The van der Waals surface area contributed by atoms with Crippen LogP contribution in [0.1, 0.15) is 25.0 Å². The number of halogens is 3. The normalized spacial score (nSPS) is 11.7. The first-order valence-electron chi connectivity index (χ1n) is 7.94. The zero-order chi connectivity index (χ0) is 20.2. The molecule has 2 rings (SSSR count). The Bertz CT molecular complexity index is 812. The van der Waals surface area contributed by atoms with Gasteiger partial charge < -0.3 is 15.2 Å². The number of anilines is 1. The van der Waals surface area contributed by atoms with Crippen molar-refractivity contribution >= 4 is 17.6 Å². The Hall–Kier alpha value is -3.03. The van der Waals surface area contributed by atoms with Crippen LogP contribution in [0, 0.1) is 0 Å². The number of amides is 1. The van der Waals surface area contributed by atoms with Gasteiger partial charge in [0.25, 0.3) is 5.91 Å². The molecule has 8 heteroatoms. The number of carbonyl (C=O) groups excluding carboxylic acids is 1. The van der Waals surface area contributed by atoms with Gasteiger partial charge in [-0.3, -0.25) is 9.59 Å². The van der Waals surface area contributed by atoms with Crippen LogP contribution in [0.2, 0.25) is 0 Å². The standard InChI is InChI=1S/C19H18F3NO4/c1-18(2,17(25)26)12-3-7-14(8-4-12)23-16(24)11-27-15-9-5-13(6-10-15)19(20,21)22/h3-10H,11H2,1-2H3,(H,23,24)(H,25,26). The Morgan fingerprint density at radius 1 is 0.963 bits per heavy atom. The first kappa shape index (κ1) is 20.3. The lowest BCUT2D eigenvalue weighted by Gasteiger charge is -2.19. The molecule has 0 heterocycles. The Morgan fingerprint density at radius 2 is 1.48 bits per heavy atom. The maximum atomic E-state index is 12.5. The lowest BCUT2D eigenvalue weighted by atomic mass is 9.85. The largest absolute Gasteiger partial charge is 0.484 e. The Kier molecular flexibility index (Phi) is 5.78. The second-order valence-electron chi connectivity index (χ2n) is 6.37. The minimum absolute atomic E-state index is 0.136. The van der Waals surface area contributed by atoms with Crippen molar-refractivity contribution in [1.29, 1.82) is 0 Å². The highest BCUT2D eigenvalue weighted by Gasteiger charge is 2.30. The van der Waals surface area contributed by atoms with Crippen LogP contribution in [0.5, 0.6) is 5.75 Å². The zero-order valence-electron chi connectivity index (χ0n) is 14.6. The number of carbonyl (C=O) groups is 2. The average Bonchev–Trinajstić information content (AvgIpc) is 2.60. The van der Waals surface area contributed by atoms with E-state index in [0.29, 0.717) is 11.3 Å². The van der Waals surface area contributed by atoms with Gasteiger partial charge in [-0.2, -0.15) is 13.2 Å². The van der Waals surface area contributed by atoms with Crippen molar-refractivity contribution in [1.82, 2.24) is 0 Å². The van der Waals surface area contributed by atoms with Gasteiger partial charge in [-0.05, 0) is 55.8 Å². The number of benzene rings is 2. The molecule has 0 aliphatic rings. The second kappa shape index (κ2) is 7.69. The third-order valence-corrected chi connectivity index (χ3v) is 3.98. The molecule has 0 radical (unpaired) electrons. The number of aliphatic carboxylic acids is 1. The van der Waals surface area contributed by atoms with E-state index in [9.17, 15) is 27.9 Å². The van der Waals surface area contributed by atoms with E-state index in [4.69, 9.17) is 4.74 Å². The topological polar surface area (TPSA) is 75.6 Å².